The van der Waals surface area contributed by atoms with Crippen molar-refractivity contribution in [1.29, 1.82) is 5.26 Å². The van der Waals surface area contributed by atoms with Crippen LogP contribution in [0.3, 0.4) is 0 Å². The first kappa shape index (κ1) is 28.1. The number of hydrogen-bond donors (Lipinski definition) is 0. The summed E-state index contributed by atoms with van der Waals surface area (Å²) in [5, 5.41) is 10.3. The Labute approximate surface area is 279 Å². The fraction of sp³-hybridized carbons (Fsp3) is 0.116. The van der Waals surface area contributed by atoms with E-state index in [4.69, 9.17) is 19.7 Å². The van der Waals surface area contributed by atoms with E-state index in [1.165, 1.54) is 0 Å². The maximum Gasteiger partial charge on any atom is 0.164 e. The molecule has 2 aliphatic carbocycles. The maximum atomic E-state index is 10.3. The van der Waals surface area contributed by atoms with Gasteiger partial charge in [0.05, 0.1) is 11.6 Å². The third-order valence-electron chi connectivity index (χ3n) is 10.1. The van der Waals surface area contributed by atoms with Crippen LogP contribution in [0.2, 0.25) is 0 Å². The second-order valence-electron chi connectivity index (χ2n) is 13.0. The highest BCUT2D eigenvalue weighted by Crippen LogP contribution is 2.63. The first-order valence-electron chi connectivity index (χ1n) is 16.2. The second-order valence-corrected chi connectivity index (χ2v) is 13.0. The van der Waals surface area contributed by atoms with Gasteiger partial charge < -0.3 is 4.74 Å². The summed E-state index contributed by atoms with van der Waals surface area (Å²) in [6, 6.07) is 44.0. The standard InChI is InChI=1S/C43H30N4O/c1-42-23-11-18-32(26-44)38(42)43(2)35-22-21-31(25-34(35)33-19-10-20-36(48-42)37(33)43)41-46-39(28-14-7-4-8-15-28)45-40(47-41)30-17-9-16-29(24-30)27-12-5-3-6-13-27/h3-22,24-25H,23H2,1-2H3. The van der Waals surface area contributed by atoms with Crippen molar-refractivity contribution in [2.45, 2.75) is 31.3 Å². The van der Waals surface area contributed by atoms with Gasteiger partial charge in [-0.25, -0.2) is 15.0 Å². The van der Waals surface area contributed by atoms with Crippen LogP contribution < -0.4 is 4.74 Å². The van der Waals surface area contributed by atoms with E-state index in [-0.39, 0.29) is 0 Å². The van der Waals surface area contributed by atoms with E-state index in [1.54, 1.807) is 0 Å². The first-order valence-corrected chi connectivity index (χ1v) is 16.2. The van der Waals surface area contributed by atoms with Crippen molar-refractivity contribution in [2.75, 3.05) is 0 Å². The topological polar surface area (TPSA) is 71.7 Å². The molecule has 48 heavy (non-hydrogen) atoms. The highest BCUT2D eigenvalue weighted by molar-refractivity contribution is 5.89. The van der Waals surface area contributed by atoms with Crippen LogP contribution in [0.25, 0.3) is 56.4 Å². The number of nitrogens with zero attached hydrogens (tertiary/aromatic N) is 4. The van der Waals surface area contributed by atoms with Crippen molar-refractivity contribution in [3.8, 4) is 68.2 Å². The number of rotatable bonds is 4. The summed E-state index contributed by atoms with van der Waals surface area (Å²) in [5.41, 5.74) is 10.1. The zero-order chi connectivity index (χ0) is 32.5. The van der Waals surface area contributed by atoms with Gasteiger partial charge in [-0.2, -0.15) is 5.26 Å². The average molecular weight is 619 g/mol. The molecule has 6 aromatic rings. The Bertz CT molecular complexity index is 2390. The van der Waals surface area contributed by atoms with Crippen LogP contribution in [-0.4, -0.2) is 20.6 Å². The Hall–Kier alpha value is -6.12. The molecule has 0 bridgehead atoms. The van der Waals surface area contributed by atoms with E-state index in [0.717, 1.165) is 61.4 Å². The normalized spacial score (nSPS) is 19.9. The predicted octanol–water partition coefficient (Wildman–Crippen LogP) is 9.76. The van der Waals surface area contributed by atoms with Crippen molar-refractivity contribution in [1.82, 2.24) is 15.0 Å². The lowest BCUT2D eigenvalue weighted by Crippen LogP contribution is -2.48. The number of fused-ring (bicyclic) bond motifs is 5. The second kappa shape index (κ2) is 10.4. The van der Waals surface area contributed by atoms with Crippen LogP contribution in [0.15, 0.2) is 145 Å². The number of ether oxygens (including phenoxy) is 1. The Morgan fingerprint density at radius 3 is 1.98 bits per heavy atom. The van der Waals surface area contributed by atoms with Crippen molar-refractivity contribution in [2.24, 2.45) is 0 Å². The lowest BCUT2D eigenvalue weighted by atomic mass is 9.62. The fourth-order valence-electron chi connectivity index (χ4n) is 8.01. The molecule has 2 unspecified atom stereocenters. The molecule has 5 heteroatoms. The zero-order valence-electron chi connectivity index (χ0n) is 26.6. The highest BCUT2D eigenvalue weighted by atomic mass is 16.5. The van der Waals surface area contributed by atoms with E-state index in [2.05, 4.69) is 98.8 Å². The van der Waals surface area contributed by atoms with E-state index in [9.17, 15) is 5.26 Å². The Morgan fingerprint density at radius 1 is 0.625 bits per heavy atom. The van der Waals surface area contributed by atoms with Crippen LogP contribution in [0.1, 0.15) is 31.4 Å². The molecular weight excluding hydrogens is 589 g/mol. The van der Waals surface area contributed by atoms with Crippen LogP contribution in [0.5, 0.6) is 5.75 Å². The minimum absolute atomic E-state index is 0.514. The predicted molar refractivity (Wildman–Crippen MR) is 189 cm³/mol. The maximum absolute atomic E-state index is 10.3. The summed E-state index contributed by atoms with van der Waals surface area (Å²) < 4.78 is 6.74. The van der Waals surface area contributed by atoms with Crippen LogP contribution >= 0.6 is 0 Å². The molecule has 1 aromatic heterocycles. The van der Waals surface area contributed by atoms with Crippen LogP contribution in [0, 0.1) is 11.3 Å². The van der Waals surface area contributed by atoms with Gasteiger partial charge in [0.1, 0.15) is 11.4 Å². The third kappa shape index (κ3) is 4.13. The van der Waals surface area contributed by atoms with Gasteiger partial charge in [-0.1, -0.05) is 109 Å². The van der Waals surface area contributed by atoms with Gasteiger partial charge in [0.2, 0.25) is 0 Å². The minimum atomic E-state index is -0.609. The lowest BCUT2D eigenvalue weighted by molar-refractivity contribution is 0.0990. The van der Waals surface area contributed by atoms with Gasteiger partial charge in [-0.15, -0.1) is 0 Å². The summed E-state index contributed by atoms with van der Waals surface area (Å²) in [7, 11) is 0. The first-order chi connectivity index (χ1) is 23.5. The van der Waals surface area contributed by atoms with E-state index < -0.39 is 11.0 Å². The number of benzene rings is 5. The molecule has 1 aliphatic heterocycles. The summed E-state index contributed by atoms with van der Waals surface area (Å²) in [5.74, 6) is 2.71. The highest BCUT2D eigenvalue weighted by Gasteiger charge is 2.56. The monoisotopic (exact) mass is 618 g/mol. The van der Waals surface area contributed by atoms with Gasteiger partial charge in [0, 0.05) is 39.7 Å². The summed E-state index contributed by atoms with van der Waals surface area (Å²) in [6.45, 7) is 4.36. The summed E-state index contributed by atoms with van der Waals surface area (Å²) in [6.07, 6.45) is 4.72. The zero-order valence-corrected chi connectivity index (χ0v) is 26.6. The summed E-state index contributed by atoms with van der Waals surface area (Å²) >= 11 is 0. The molecule has 0 N–H and O–H groups in total. The molecule has 2 atom stereocenters. The largest absolute Gasteiger partial charge is 0.482 e. The fourth-order valence-corrected chi connectivity index (χ4v) is 8.01. The SMILES string of the molecule is CC12CC=CC(C#N)=C1C1(C)c3ccc(-c4nc(-c5ccccc5)nc(-c5cccc(-c6ccccc6)c5)n4)cc3-c3cccc(c31)O2. The smallest absolute Gasteiger partial charge is 0.164 e. The van der Waals surface area contributed by atoms with Crippen molar-refractivity contribution < 1.29 is 4.74 Å². The molecule has 0 spiro atoms. The van der Waals surface area contributed by atoms with E-state index in [1.807, 2.05) is 54.6 Å². The molecule has 3 aliphatic rings. The minimum Gasteiger partial charge on any atom is -0.482 e. The molecule has 2 heterocycles. The van der Waals surface area contributed by atoms with Gasteiger partial charge in [-0.3, -0.25) is 0 Å². The molecule has 0 saturated carbocycles. The summed E-state index contributed by atoms with van der Waals surface area (Å²) in [4.78, 5) is 15.1. The number of allylic oxidation sites excluding steroid dienone is 2. The number of aromatic nitrogens is 3. The van der Waals surface area contributed by atoms with Crippen molar-refractivity contribution >= 4 is 0 Å². The quantitative estimate of drug-likeness (QED) is 0.197. The molecule has 5 aromatic carbocycles. The number of hydrogen-bond acceptors (Lipinski definition) is 5. The van der Waals surface area contributed by atoms with E-state index in [0.29, 0.717) is 29.5 Å². The Morgan fingerprint density at radius 2 is 1.25 bits per heavy atom. The van der Waals surface area contributed by atoms with Crippen LogP contribution in [0.4, 0.5) is 0 Å². The molecular formula is C43H30N4O. The number of nitriles is 1. The van der Waals surface area contributed by atoms with Gasteiger partial charge in [0.15, 0.2) is 17.5 Å². The third-order valence-corrected chi connectivity index (χ3v) is 10.1. The van der Waals surface area contributed by atoms with Crippen molar-refractivity contribution in [3.63, 3.8) is 0 Å². The Kier molecular flexibility index (Phi) is 6.12. The molecule has 9 rings (SSSR count). The Balaban J connectivity index is 1.24. The molecule has 228 valence electrons. The van der Waals surface area contributed by atoms with Gasteiger partial charge in [-0.05, 0) is 65.9 Å². The molecule has 0 fully saturated rings. The van der Waals surface area contributed by atoms with Gasteiger partial charge >= 0.3 is 0 Å². The molecule has 0 saturated heterocycles. The van der Waals surface area contributed by atoms with Crippen molar-refractivity contribution in [3.05, 3.63) is 156 Å². The van der Waals surface area contributed by atoms with Gasteiger partial charge in [0.25, 0.3) is 0 Å². The molecule has 5 nitrogen and oxygen atoms in total. The van der Waals surface area contributed by atoms with E-state index >= 15 is 0 Å². The molecule has 0 amide bonds. The average Bonchev–Trinajstić information content (AvgIpc) is 3.40. The lowest BCUT2D eigenvalue weighted by Gasteiger charge is -2.48. The van der Waals surface area contributed by atoms with Crippen LogP contribution in [-0.2, 0) is 5.41 Å². The molecule has 0 radical (unpaired) electrons.